The van der Waals surface area contributed by atoms with E-state index in [0.717, 1.165) is 17.1 Å². The van der Waals surface area contributed by atoms with E-state index in [9.17, 15) is 0 Å². The van der Waals surface area contributed by atoms with E-state index in [1.807, 2.05) is 36.9 Å². The zero-order valence-electron chi connectivity index (χ0n) is 12.2. The summed E-state index contributed by atoms with van der Waals surface area (Å²) in [5, 5.41) is 3.38. The van der Waals surface area contributed by atoms with Gasteiger partial charge in [-0.25, -0.2) is 4.98 Å². The van der Waals surface area contributed by atoms with Crippen LogP contribution < -0.4 is 10.1 Å². The highest BCUT2D eigenvalue weighted by Gasteiger charge is 2.05. The minimum absolute atomic E-state index is 0.542. The van der Waals surface area contributed by atoms with Crippen LogP contribution in [0.2, 0.25) is 0 Å². The summed E-state index contributed by atoms with van der Waals surface area (Å²) in [5.41, 5.74) is 3.27. The van der Waals surface area contributed by atoms with E-state index >= 15 is 0 Å². The summed E-state index contributed by atoms with van der Waals surface area (Å²) in [4.78, 5) is 4.11. The molecule has 0 aliphatic heterocycles. The van der Waals surface area contributed by atoms with E-state index in [-0.39, 0.29) is 0 Å². The van der Waals surface area contributed by atoms with Crippen LogP contribution in [-0.2, 0) is 18.3 Å². The van der Waals surface area contributed by atoms with Gasteiger partial charge >= 0.3 is 0 Å². The third kappa shape index (κ3) is 3.74. The van der Waals surface area contributed by atoms with Crippen molar-refractivity contribution in [3.05, 3.63) is 42.0 Å². The monoisotopic (exact) mass is 275 g/mol. The highest BCUT2D eigenvalue weighted by molar-refractivity contribution is 5.57. The molecule has 2 aromatic rings. The molecule has 2 rings (SSSR count). The smallest absolute Gasteiger partial charge is 0.142 e. The molecule has 0 aliphatic carbocycles. The van der Waals surface area contributed by atoms with E-state index in [0.29, 0.717) is 19.8 Å². The molecule has 1 aromatic heterocycles. The van der Waals surface area contributed by atoms with Gasteiger partial charge in [0.2, 0.25) is 0 Å². The summed E-state index contributed by atoms with van der Waals surface area (Å²) in [6.45, 7) is 3.88. The molecule has 1 N–H and O–H groups in total. The highest BCUT2D eigenvalue weighted by atomic mass is 16.5. The molecule has 20 heavy (non-hydrogen) atoms. The molecule has 0 unspecified atom stereocenters. The second-order valence-corrected chi connectivity index (χ2v) is 4.69. The molecule has 0 radical (unpaired) electrons. The maximum atomic E-state index is 5.75. The van der Waals surface area contributed by atoms with Crippen molar-refractivity contribution in [1.82, 2.24) is 9.55 Å². The standard InChI is InChI=1S/C15H21N3O2/c1-12-4-5-14(15(8-12)20-7-6-19-3)17-10-13-9-16-11-18(13)2/h4-5,8-9,11,17H,6-7,10H2,1-3H3. The maximum Gasteiger partial charge on any atom is 0.142 e. The fourth-order valence-electron chi connectivity index (χ4n) is 1.87. The Labute approximate surface area is 119 Å². The first kappa shape index (κ1) is 14.4. The number of aromatic nitrogens is 2. The molecule has 0 fully saturated rings. The summed E-state index contributed by atoms with van der Waals surface area (Å²) in [5.74, 6) is 0.851. The van der Waals surface area contributed by atoms with Crippen LogP contribution >= 0.6 is 0 Å². The zero-order valence-corrected chi connectivity index (χ0v) is 12.2. The third-order valence-corrected chi connectivity index (χ3v) is 3.06. The lowest BCUT2D eigenvalue weighted by Gasteiger charge is -2.14. The van der Waals surface area contributed by atoms with Gasteiger partial charge in [-0.05, 0) is 24.6 Å². The first-order chi connectivity index (χ1) is 9.70. The Hall–Kier alpha value is -2.01. The van der Waals surface area contributed by atoms with Gasteiger partial charge in [-0.1, -0.05) is 6.07 Å². The Bertz CT molecular complexity index is 552. The fourth-order valence-corrected chi connectivity index (χ4v) is 1.87. The molecule has 0 bridgehead atoms. The van der Waals surface area contributed by atoms with Crippen LogP contribution in [-0.4, -0.2) is 29.9 Å². The van der Waals surface area contributed by atoms with Gasteiger partial charge in [0.25, 0.3) is 0 Å². The molecule has 0 aliphatic rings. The molecule has 5 nitrogen and oxygen atoms in total. The van der Waals surface area contributed by atoms with Crippen LogP contribution in [0.4, 0.5) is 5.69 Å². The largest absolute Gasteiger partial charge is 0.489 e. The summed E-state index contributed by atoms with van der Waals surface area (Å²) in [6, 6.07) is 6.13. The Kier molecular flexibility index (Phi) is 5.01. The second kappa shape index (κ2) is 6.96. The van der Waals surface area contributed by atoms with Gasteiger partial charge in [0.15, 0.2) is 0 Å². The SMILES string of the molecule is COCCOc1cc(C)ccc1NCc1cncn1C. The van der Waals surface area contributed by atoms with Crippen LogP contribution in [0, 0.1) is 6.92 Å². The van der Waals surface area contributed by atoms with Crippen molar-refractivity contribution in [2.24, 2.45) is 7.05 Å². The molecule has 5 heteroatoms. The number of aryl methyl sites for hydroxylation is 2. The van der Waals surface area contributed by atoms with Crippen molar-refractivity contribution >= 4 is 5.69 Å². The van der Waals surface area contributed by atoms with Crippen molar-refractivity contribution in [1.29, 1.82) is 0 Å². The van der Waals surface area contributed by atoms with E-state index in [1.165, 1.54) is 5.56 Å². The fraction of sp³-hybridized carbons (Fsp3) is 0.400. The minimum atomic E-state index is 0.542. The number of hydrogen-bond donors (Lipinski definition) is 1. The van der Waals surface area contributed by atoms with Gasteiger partial charge in [0, 0.05) is 20.4 Å². The molecule has 0 saturated heterocycles. The quantitative estimate of drug-likeness (QED) is 0.788. The lowest BCUT2D eigenvalue weighted by Crippen LogP contribution is -2.08. The van der Waals surface area contributed by atoms with Crippen LogP contribution in [0.5, 0.6) is 5.75 Å². The molecule has 0 amide bonds. The highest BCUT2D eigenvalue weighted by Crippen LogP contribution is 2.26. The summed E-state index contributed by atoms with van der Waals surface area (Å²) >= 11 is 0. The predicted octanol–water partition coefficient (Wildman–Crippen LogP) is 2.37. The lowest BCUT2D eigenvalue weighted by atomic mass is 10.2. The number of benzene rings is 1. The van der Waals surface area contributed by atoms with Gasteiger partial charge in [0.1, 0.15) is 12.4 Å². The number of anilines is 1. The van der Waals surface area contributed by atoms with Gasteiger partial charge < -0.3 is 19.4 Å². The topological polar surface area (TPSA) is 48.3 Å². The van der Waals surface area contributed by atoms with Crippen LogP contribution in [0.3, 0.4) is 0 Å². The van der Waals surface area contributed by atoms with Gasteiger partial charge in [-0.3, -0.25) is 0 Å². The van der Waals surface area contributed by atoms with Crippen molar-refractivity contribution in [2.75, 3.05) is 25.6 Å². The van der Waals surface area contributed by atoms with Gasteiger partial charge in [0.05, 0.1) is 30.9 Å². The van der Waals surface area contributed by atoms with Gasteiger partial charge in [-0.15, -0.1) is 0 Å². The van der Waals surface area contributed by atoms with Gasteiger partial charge in [-0.2, -0.15) is 0 Å². The zero-order chi connectivity index (χ0) is 14.4. The molecule has 1 aromatic carbocycles. The molecule has 0 saturated carbocycles. The first-order valence-corrected chi connectivity index (χ1v) is 6.62. The van der Waals surface area contributed by atoms with E-state index in [2.05, 4.69) is 16.4 Å². The van der Waals surface area contributed by atoms with Crippen molar-refractivity contribution in [3.8, 4) is 5.75 Å². The number of nitrogens with one attached hydrogen (secondary N) is 1. The molecular formula is C15H21N3O2. The number of hydrogen-bond acceptors (Lipinski definition) is 4. The van der Waals surface area contributed by atoms with Crippen molar-refractivity contribution < 1.29 is 9.47 Å². The Morgan fingerprint density at radius 2 is 2.15 bits per heavy atom. The number of nitrogens with zero attached hydrogens (tertiary/aromatic N) is 2. The first-order valence-electron chi connectivity index (χ1n) is 6.62. The predicted molar refractivity (Wildman–Crippen MR) is 79.1 cm³/mol. The number of methoxy groups -OCH3 is 1. The second-order valence-electron chi connectivity index (χ2n) is 4.69. The number of rotatable bonds is 7. The number of imidazole rings is 1. The van der Waals surface area contributed by atoms with Crippen LogP contribution in [0.1, 0.15) is 11.3 Å². The molecular weight excluding hydrogens is 254 g/mol. The Morgan fingerprint density at radius 3 is 2.85 bits per heavy atom. The van der Waals surface area contributed by atoms with Crippen LogP contribution in [0.15, 0.2) is 30.7 Å². The molecule has 0 spiro atoms. The van der Waals surface area contributed by atoms with Crippen molar-refractivity contribution in [3.63, 3.8) is 0 Å². The summed E-state index contributed by atoms with van der Waals surface area (Å²) in [6.07, 6.45) is 3.65. The Balaban J connectivity index is 2.04. The average Bonchev–Trinajstić information content (AvgIpc) is 2.84. The van der Waals surface area contributed by atoms with Crippen LogP contribution in [0.25, 0.3) is 0 Å². The minimum Gasteiger partial charge on any atom is -0.489 e. The molecule has 0 atom stereocenters. The lowest BCUT2D eigenvalue weighted by molar-refractivity contribution is 0.146. The van der Waals surface area contributed by atoms with E-state index in [1.54, 1.807) is 13.4 Å². The van der Waals surface area contributed by atoms with E-state index in [4.69, 9.17) is 9.47 Å². The van der Waals surface area contributed by atoms with Crippen molar-refractivity contribution in [2.45, 2.75) is 13.5 Å². The average molecular weight is 275 g/mol. The van der Waals surface area contributed by atoms with E-state index < -0.39 is 0 Å². The molecule has 1 heterocycles. The third-order valence-electron chi connectivity index (χ3n) is 3.06. The number of ether oxygens (including phenoxy) is 2. The summed E-state index contributed by atoms with van der Waals surface area (Å²) < 4.78 is 12.8. The molecule has 108 valence electrons. The Morgan fingerprint density at radius 1 is 1.30 bits per heavy atom. The normalized spacial score (nSPS) is 10.6. The maximum absolute atomic E-state index is 5.75. The summed E-state index contributed by atoms with van der Waals surface area (Å²) in [7, 11) is 3.65.